The van der Waals surface area contributed by atoms with Crippen LogP contribution in [-0.4, -0.2) is 409 Å². The fourth-order valence-corrected chi connectivity index (χ4v) is 12.1. The summed E-state index contributed by atoms with van der Waals surface area (Å²) in [4.78, 5) is 26.2. The topological polar surface area (TPSA) is 642 Å². The van der Waals surface area contributed by atoms with E-state index < -0.39 is 297 Å². The maximum atomic E-state index is 13.4. The predicted octanol–water partition coefficient (Wildman–Crippen LogP) is -16.1. The zero-order valence-corrected chi connectivity index (χ0v) is 50.1. The van der Waals surface area contributed by atoms with Gasteiger partial charge in [0.15, 0.2) is 50.3 Å². The molecule has 8 aliphatic heterocycles. The summed E-state index contributed by atoms with van der Waals surface area (Å²) in [6.45, 7) is -1.80. The molecule has 8 aliphatic rings. The molecule has 1 unspecified atom stereocenters. The second kappa shape index (κ2) is 32.6. The van der Waals surface area contributed by atoms with Crippen LogP contribution in [0.5, 0.6) is 0 Å². The third-order valence-electron chi connectivity index (χ3n) is 17.4. The van der Waals surface area contributed by atoms with Crippen LogP contribution in [0.2, 0.25) is 0 Å². The molecule has 24 N–H and O–H groups in total. The molecule has 0 aromatic heterocycles. The lowest BCUT2D eigenvalue weighted by atomic mass is 9.94. The molecule has 0 spiro atoms. The first kappa shape index (κ1) is 76.2. The van der Waals surface area contributed by atoms with Gasteiger partial charge < -0.3 is 194 Å². The molecule has 0 saturated carbocycles. The van der Waals surface area contributed by atoms with Crippen molar-refractivity contribution in [1.82, 2.24) is 10.6 Å². The zero-order chi connectivity index (χ0) is 68.5. The van der Waals surface area contributed by atoms with E-state index in [4.69, 9.17) is 71.1 Å². The van der Waals surface area contributed by atoms with Gasteiger partial charge in [-0.3, -0.25) is 9.59 Å². The van der Waals surface area contributed by atoms with E-state index in [1.807, 2.05) is 0 Å². The van der Waals surface area contributed by atoms with Crippen molar-refractivity contribution in [2.24, 2.45) is 0 Å². The Bertz CT molecular complexity index is 2350. The summed E-state index contributed by atoms with van der Waals surface area (Å²) in [6.07, 6.45) is -74.4. The molecule has 41 nitrogen and oxygen atoms in total. The Morgan fingerprint density at radius 3 is 1.19 bits per heavy atom. The number of amides is 2. The van der Waals surface area contributed by atoms with Gasteiger partial charge in [-0.2, -0.15) is 0 Å². The molecule has 0 bridgehead atoms. The van der Waals surface area contributed by atoms with Gasteiger partial charge in [-0.15, -0.1) is 0 Å². The molecule has 8 heterocycles. The summed E-state index contributed by atoms with van der Waals surface area (Å²) >= 11 is 0. The Hall–Kier alpha value is -2.54. The van der Waals surface area contributed by atoms with E-state index in [1.165, 1.54) is 13.8 Å². The Morgan fingerprint density at radius 1 is 0.301 bits per heavy atom. The smallest absolute Gasteiger partial charge is 0.217 e. The van der Waals surface area contributed by atoms with Crippen LogP contribution < -0.4 is 10.6 Å². The quantitative estimate of drug-likeness (QED) is 0.0479. The van der Waals surface area contributed by atoms with Gasteiger partial charge in [0.2, 0.25) is 11.8 Å². The van der Waals surface area contributed by atoms with Crippen LogP contribution in [0.25, 0.3) is 0 Å². The number of hydrogen-bond acceptors (Lipinski definition) is 39. The molecule has 0 radical (unpaired) electrons. The number of aliphatic hydroxyl groups excluding tert-OH is 22. The van der Waals surface area contributed by atoms with Crippen LogP contribution in [-0.2, 0) is 80.6 Å². The Balaban J connectivity index is 1.13. The van der Waals surface area contributed by atoms with Gasteiger partial charge >= 0.3 is 0 Å². The summed E-state index contributed by atoms with van der Waals surface area (Å²) in [5, 5.41) is 244. The monoisotopic (exact) mass is 1360 g/mol. The van der Waals surface area contributed by atoms with Crippen molar-refractivity contribution in [3.8, 4) is 0 Å². The van der Waals surface area contributed by atoms with Crippen molar-refractivity contribution in [2.75, 3.05) is 39.6 Å². The first-order valence-corrected chi connectivity index (χ1v) is 29.9. The van der Waals surface area contributed by atoms with Gasteiger partial charge in [-0.25, -0.2) is 0 Å². The number of ether oxygens (including phenoxy) is 15. The lowest BCUT2D eigenvalue weighted by molar-refractivity contribution is -0.396. The van der Waals surface area contributed by atoms with Crippen molar-refractivity contribution in [3.63, 3.8) is 0 Å². The normalized spacial score (nSPS) is 51.6. The van der Waals surface area contributed by atoms with Gasteiger partial charge in [-0.1, -0.05) is 0 Å². The van der Waals surface area contributed by atoms with Gasteiger partial charge in [0, 0.05) is 13.8 Å². The number of carbonyl (C=O) groups excluding carboxylic acids is 2. The van der Waals surface area contributed by atoms with Crippen molar-refractivity contribution in [2.45, 2.75) is 273 Å². The van der Waals surface area contributed by atoms with Crippen LogP contribution in [0.4, 0.5) is 0 Å². The first-order chi connectivity index (χ1) is 43.9. The van der Waals surface area contributed by atoms with E-state index in [1.54, 1.807) is 0 Å². The summed E-state index contributed by atoms with van der Waals surface area (Å²) < 4.78 is 88.5. The van der Waals surface area contributed by atoms with Crippen molar-refractivity contribution >= 4 is 11.8 Å². The summed E-state index contributed by atoms with van der Waals surface area (Å²) in [6, 6.07) is -3.77. The largest absolute Gasteiger partial charge is 0.394 e. The Kier molecular flexibility index (Phi) is 26.7. The van der Waals surface area contributed by atoms with Gasteiger partial charge in [0.1, 0.15) is 183 Å². The average molecular weight is 1370 g/mol. The maximum Gasteiger partial charge on any atom is 0.217 e. The highest BCUT2D eigenvalue weighted by molar-refractivity contribution is 5.73. The molecule has 40 atom stereocenters. The fraction of sp³-hybridized carbons (Fsp3) is 0.962. The summed E-state index contributed by atoms with van der Waals surface area (Å²) in [5.74, 6) is -1.84. The lowest BCUT2D eigenvalue weighted by Crippen LogP contribution is -2.71. The van der Waals surface area contributed by atoms with Gasteiger partial charge in [0.25, 0.3) is 0 Å². The average Bonchev–Trinajstić information content (AvgIpc) is 0.790. The molecular weight excluding hydrogens is 1280 g/mol. The molecule has 0 aliphatic carbocycles. The molecule has 2 amide bonds. The molecule has 540 valence electrons. The third-order valence-corrected chi connectivity index (χ3v) is 17.4. The number of rotatable bonds is 22. The van der Waals surface area contributed by atoms with Gasteiger partial charge in [0.05, 0.1) is 51.8 Å². The number of aliphatic hydroxyl groups is 22. The highest BCUT2D eigenvalue weighted by atomic mass is 16.8. The molecule has 41 heteroatoms. The van der Waals surface area contributed by atoms with E-state index in [-0.39, 0.29) is 0 Å². The van der Waals surface area contributed by atoms with Gasteiger partial charge in [-0.05, 0) is 13.8 Å². The Labute approximate surface area is 527 Å². The van der Waals surface area contributed by atoms with Crippen LogP contribution in [0, 0.1) is 0 Å². The van der Waals surface area contributed by atoms with Crippen LogP contribution in [0.3, 0.4) is 0 Å². The minimum absolute atomic E-state index is 0.908. The minimum atomic E-state index is -2.36. The van der Waals surface area contributed by atoms with Crippen LogP contribution >= 0.6 is 0 Å². The van der Waals surface area contributed by atoms with Crippen LogP contribution in [0.15, 0.2) is 0 Å². The molecule has 0 aromatic carbocycles. The first-order valence-electron chi connectivity index (χ1n) is 29.9. The second-order valence-corrected chi connectivity index (χ2v) is 23.9. The third kappa shape index (κ3) is 16.4. The number of carbonyl (C=O) groups is 2. The second-order valence-electron chi connectivity index (χ2n) is 23.9. The summed E-state index contributed by atoms with van der Waals surface area (Å²) in [5.41, 5.74) is 0. The molecule has 93 heavy (non-hydrogen) atoms. The van der Waals surface area contributed by atoms with E-state index in [0.717, 1.165) is 13.8 Å². The van der Waals surface area contributed by atoms with Crippen molar-refractivity contribution in [1.29, 1.82) is 0 Å². The molecular formula is C52H88N2O39. The number of hydrogen-bond donors (Lipinski definition) is 24. The standard InChI is InChI=1S/C52H88N2O39/c1-11-23(62)29(68)35(74)48(80-11)91-42-22(54-14(4)61)46(85-19(9-59)41(42)90-52-44(32(71)26(65)16(6-56)84-52)93-49-36(75)30(69)24(63)12(2)81-49)79-10-20-27(66)43(38(77)51(87-20)89-40-17(7-57)82-45(78)34(73)33(40)72)92-47-21(53-13(3)60)28(67)39(18(8-58)86-47)88-50-37(76)31(70)25(64)15(5-55)83-50/h11-12,15-52,55-59,62-78H,5-10H2,1-4H3,(H,53,60)(H,54,61)/t11-,12-,15+,16+,17+,18+,19+,20+,21+,22+,23+,24+,25-,26-,27-,28+,29+,30+,31-,32-,33+,34+,35-,36-,37+,38+,39+,40+,41+,42+,43-,44+,45?,46+,47-,48-,49-,50-,51-,52-/m0/s1. The SMILES string of the molecule is CC(=O)N[C@H]1[C@H](O[C@H]2[C@@H](O)[C@@H](CO[C@@H]3O[C@H](CO)[C@@H](O[C@@H]4O[C@H](CO)[C@H](O)[C@H](O)[C@H]4O[C@@H]4O[C@@H](C)[C@@H](O)[C@@H](O)[C@@H]4O)[C@H](O[C@@H]4O[C@@H](C)[C@@H](O)[C@@H](O)[C@@H]4O)[C@H]3NC(C)=O)O[C@@H](O[C@H]3[C@H](O)[C@@H](O)C(O)O[C@@H]3CO)[C@@H]2O)O[C@H](CO)[C@@H](O[C@@H]2O[C@H](CO)[C@H](O)[C@H](O)[C@H]2O)[C@@H]1O. The highest BCUT2D eigenvalue weighted by Gasteiger charge is 2.60. The van der Waals surface area contributed by atoms with Crippen molar-refractivity contribution < 1.29 is 193 Å². The zero-order valence-electron chi connectivity index (χ0n) is 50.1. The lowest BCUT2D eigenvalue weighted by Gasteiger charge is -2.51. The molecule has 8 fully saturated rings. The molecule has 8 saturated heterocycles. The maximum absolute atomic E-state index is 13.4. The van der Waals surface area contributed by atoms with E-state index in [9.17, 15) is 122 Å². The molecule has 8 rings (SSSR count). The van der Waals surface area contributed by atoms with Crippen LogP contribution in [0.1, 0.15) is 27.7 Å². The predicted molar refractivity (Wildman–Crippen MR) is 285 cm³/mol. The molecule has 0 aromatic rings. The van der Waals surface area contributed by atoms with E-state index in [2.05, 4.69) is 10.6 Å². The van der Waals surface area contributed by atoms with E-state index in [0.29, 0.717) is 0 Å². The number of nitrogens with one attached hydrogen (secondary N) is 2. The van der Waals surface area contributed by atoms with Crippen molar-refractivity contribution in [3.05, 3.63) is 0 Å². The Morgan fingerprint density at radius 2 is 0.667 bits per heavy atom. The summed E-state index contributed by atoms with van der Waals surface area (Å²) in [7, 11) is 0. The fourth-order valence-electron chi connectivity index (χ4n) is 12.1. The highest BCUT2D eigenvalue weighted by Crippen LogP contribution is 2.39. The minimum Gasteiger partial charge on any atom is -0.394 e. The van der Waals surface area contributed by atoms with E-state index >= 15 is 0 Å².